The molecule has 0 aliphatic rings. The van der Waals surface area contributed by atoms with Crippen LogP contribution in [-0.2, 0) is 16.5 Å². The maximum Gasteiger partial charge on any atom is 2.00 e. The van der Waals surface area contributed by atoms with Crippen molar-refractivity contribution < 1.29 is 26.7 Å². The molecule has 4 aromatic rings. The van der Waals surface area contributed by atoms with Crippen LogP contribution in [0.4, 0.5) is 11.4 Å². The minimum atomic E-state index is -0.0623. The fraction of sp³-hybridized carbons (Fsp3) is 0. The van der Waals surface area contributed by atoms with Crippen LogP contribution in [0.5, 0.6) is 11.5 Å². The van der Waals surface area contributed by atoms with E-state index in [1.54, 1.807) is 84.9 Å². The molecule has 4 aromatic carbocycles. The number of hydrogen-bond donors (Lipinski definition) is 0. The molecular weight excluding hydrogens is 483 g/mol. The van der Waals surface area contributed by atoms with Crippen molar-refractivity contribution in [2.75, 3.05) is 0 Å². The minimum Gasteiger partial charge on any atom is -0.872 e. The van der Waals surface area contributed by atoms with Crippen LogP contribution in [0.15, 0.2) is 107 Å². The molecule has 0 aromatic heterocycles. The van der Waals surface area contributed by atoms with Crippen molar-refractivity contribution in [2.45, 2.75) is 0 Å². The van der Waals surface area contributed by atoms with Gasteiger partial charge in [-0.25, -0.2) is 0 Å². The maximum atomic E-state index is 11.4. The Morgan fingerprint density at radius 3 is 1.34 bits per heavy atom. The summed E-state index contributed by atoms with van der Waals surface area (Å²) in [5.41, 5.74) is 3.49. The Bertz CT molecular complexity index is 1310. The Hall–Kier alpha value is -4.71. The molecule has 7 heteroatoms. The zero-order valence-electron chi connectivity index (χ0n) is 18.3. The fourth-order valence-electron chi connectivity index (χ4n) is 2.77. The topological polar surface area (TPSA) is 118 Å². The summed E-state index contributed by atoms with van der Waals surface area (Å²) in [6.07, 6.45) is 3.03. The molecule has 0 aliphatic heterocycles. The Kier molecular flexibility index (Phi) is 10.4. The van der Waals surface area contributed by atoms with Crippen molar-refractivity contribution in [3.05, 3.63) is 119 Å². The molecule has 0 heterocycles. The van der Waals surface area contributed by atoms with Crippen LogP contribution < -0.4 is 10.2 Å². The van der Waals surface area contributed by atoms with E-state index in [1.807, 2.05) is 12.1 Å². The van der Waals surface area contributed by atoms with E-state index in [0.717, 1.165) is 0 Å². The first-order valence-corrected chi connectivity index (χ1v) is 10.2. The van der Waals surface area contributed by atoms with Gasteiger partial charge in [0.1, 0.15) is 0 Å². The smallest absolute Gasteiger partial charge is 0.872 e. The molecule has 6 nitrogen and oxygen atoms in total. The largest absolute Gasteiger partial charge is 2.00 e. The SMILES string of the molecule is N#Cc1cccc(N=Cc2ccccc2[O-])c1.N#Cc1cccc(N=Cc2ccccc2[O-])c1.[Ni+2]. The van der Waals surface area contributed by atoms with E-state index in [9.17, 15) is 10.2 Å². The van der Waals surface area contributed by atoms with Crippen molar-refractivity contribution in [1.82, 2.24) is 0 Å². The first-order chi connectivity index (χ1) is 16.6. The molecule has 0 spiro atoms. The molecule has 4 rings (SSSR count). The third kappa shape index (κ3) is 8.29. The Balaban J connectivity index is 0.000000240. The van der Waals surface area contributed by atoms with Gasteiger partial charge in [-0.15, -0.1) is 11.5 Å². The van der Waals surface area contributed by atoms with Crippen LogP contribution in [0.3, 0.4) is 0 Å². The molecule has 0 unspecified atom stereocenters. The summed E-state index contributed by atoms with van der Waals surface area (Å²) in [4.78, 5) is 8.34. The molecule has 0 bridgehead atoms. The van der Waals surface area contributed by atoms with Crippen LogP contribution >= 0.6 is 0 Å². The van der Waals surface area contributed by atoms with Gasteiger partial charge in [-0.2, -0.15) is 10.5 Å². The van der Waals surface area contributed by atoms with E-state index in [4.69, 9.17) is 10.5 Å². The predicted molar refractivity (Wildman–Crippen MR) is 129 cm³/mol. The first-order valence-electron chi connectivity index (χ1n) is 10.2. The standard InChI is InChI=1S/2C14H10N2O.Ni/c2*15-9-11-4-3-6-13(8-11)16-10-12-5-1-2-7-14(12)17;/h2*1-8,10,17H;/q;;+2/p-2. The van der Waals surface area contributed by atoms with Crippen molar-refractivity contribution in [2.24, 2.45) is 9.98 Å². The van der Waals surface area contributed by atoms with Gasteiger partial charge in [0, 0.05) is 12.4 Å². The van der Waals surface area contributed by atoms with Gasteiger partial charge in [0.25, 0.3) is 0 Å². The molecule has 0 atom stereocenters. The summed E-state index contributed by atoms with van der Waals surface area (Å²) in [6, 6.07) is 31.3. The van der Waals surface area contributed by atoms with E-state index in [0.29, 0.717) is 33.6 Å². The van der Waals surface area contributed by atoms with E-state index < -0.39 is 0 Å². The van der Waals surface area contributed by atoms with Crippen LogP contribution in [0.25, 0.3) is 0 Å². The molecule has 172 valence electrons. The molecule has 0 N–H and O–H groups in total. The zero-order chi connectivity index (χ0) is 24.2. The Labute approximate surface area is 213 Å². The quantitative estimate of drug-likeness (QED) is 0.296. The Morgan fingerprint density at radius 1 is 0.571 bits per heavy atom. The van der Waals surface area contributed by atoms with Gasteiger partial charge in [-0.05, 0) is 47.5 Å². The summed E-state index contributed by atoms with van der Waals surface area (Å²) >= 11 is 0. The van der Waals surface area contributed by atoms with Gasteiger partial charge < -0.3 is 10.2 Å². The molecule has 0 radical (unpaired) electrons. The average molecular weight is 501 g/mol. The number of hydrogen-bond acceptors (Lipinski definition) is 6. The minimum absolute atomic E-state index is 0. The fourth-order valence-corrected chi connectivity index (χ4v) is 2.77. The van der Waals surface area contributed by atoms with Gasteiger partial charge >= 0.3 is 16.5 Å². The molecule has 0 saturated carbocycles. The number of nitrogens with zero attached hydrogens (tertiary/aromatic N) is 4. The monoisotopic (exact) mass is 500 g/mol. The average Bonchev–Trinajstić information content (AvgIpc) is 2.88. The molecule has 0 amide bonds. The molecule has 0 saturated heterocycles. The molecular formula is C28H18N4NiO2. The third-order valence-electron chi connectivity index (χ3n) is 4.49. The number of para-hydroxylation sites is 2. The van der Waals surface area contributed by atoms with E-state index >= 15 is 0 Å². The van der Waals surface area contributed by atoms with E-state index in [2.05, 4.69) is 9.98 Å². The summed E-state index contributed by atoms with van der Waals surface area (Å²) in [5.74, 6) is -0.125. The second-order valence-electron chi connectivity index (χ2n) is 6.92. The zero-order valence-corrected chi connectivity index (χ0v) is 19.3. The van der Waals surface area contributed by atoms with Gasteiger partial charge in [0.15, 0.2) is 0 Å². The van der Waals surface area contributed by atoms with Crippen LogP contribution in [0.2, 0.25) is 0 Å². The summed E-state index contributed by atoms with van der Waals surface area (Å²) in [5, 5.41) is 40.3. The molecule has 0 aliphatic carbocycles. The van der Waals surface area contributed by atoms with Gasteiger partial charge in [-0.1, -0.05) is 60.7 Å². The predicted octanol–water partition coefficient (Wildman–Crippen LogP) is 4.76. The summed E-state index contributed by atoms with van der Waals surface area (Å²) < 4.78 is 0. The normalized spacial score (nSPS) is 10.0. The first kappa shape index (κ1) is 26.5. The van der Waals surface area contributed by atoms with Crippen LogP contribution in [-0.4, -0.2) is 12.4 Å². The van der Waals surface area contributed by atoms with Crippen molar-refractivity contribution >= 4 is 23.8 Å². The van der Waals surface area contributed by atoms with Gasteiger partial charge in [-0.3, -0.25) is 9.98 Å². The Morgan fingerprint density at radius 2 is 0.971 bits per heavy atom. The van der Waals surface area contributed by atoms with Crippen molar-refractivity contribution in [1.29, 1.82) is 10.5 Å². The number of nitriles is 2. The van der Waals surface area contributed by atoms with Crippen molar-refractivity contribution in [3.63, 3.8) is 0 Å². The van der Waals surface area contributed by atoms with Crippen molar-refractivity contribution in [3.8, 4) is 23.6 Å². The number of rotatable bonds is 4. The van der Waals surface area contributed by atoms with Crippen LogP contribution in [0, 0.1) is 22.7 Å². The van der Waals surface area contributed by atoms with Gasteiger partial charge in [0.2, 0.25) is 0 Å². The van der Waals surface area contributed by atoms with Gasteiger partial charge in [0.05, 0.1) is 34.6 Å². The third-order valence-corrected chi connectivity index (χ3v) is 4.49. The maximum absolute atomic E-state index is 11.4. The summed E-state index contributed by atoms with van der Waals surface area (Å²) in [6.45, 7) is 0. The summed E-state index contributed by atoms with van der Waals surface area (Å²) in [7, 11) is 0. The second-order valence-corrected chi connectivity index (χ2v) is 6.92. The van der Waals surface area contributed by atoms with E-state index in [1.165, 1.54) is 24.6 Å². The number of aliphatic imine (C=N–C) groups is 2. The molecule has 35 heavy (non-hydrogen) atoms. The van der Waals surface area contributed by atoms with E-state index in [-0.39, 0.29) is 28.0 Å². The second kappa shape index (κ2) is 13.8. The van der Waals surface area contributed by atoms with Crippen LogP contribution in [0.1, 0.15) is 22.3 Å². The number of benzene rings is 4. The molecule has 0 fully saturated rings.